The van der Waals surface area contributed by atoms with Crippen molar-refractivity contribution in [2.24, 2.45) is 0 Å². The molecule has 5 heteroatoms. The normalized spacial score (nSPS) is 13.5. The maximum Gasteiger partial charge on any atom is 0.164 e. The lowest BCUT2D eigenvalue weighted by atomic mass is 10.00. The smallest absolute Gasteiger partial charge is 0.164 e. The highest BCUT2D eigenvalue weighted by Gasteiger charge is 2.19. The number of rotatable bonds is 6. The summed E-state index contributed by atoms with van der Waals surface area (Å²) in [4.78, 5) is 15.1. The lowest BCUT2D eigenvalue weighted by Gasteiger charge is -2.16. The van der Waals surface area contributed by atoms with Gasteiger partial charge in [0.2, 0.25) is 0 Å². The number of hydrogen-bond donors (Lipinski definition) is 0. The van der Waals surface area contributed by atoms with Gasteiger partial charge in [-0.05, 0) is 57.7 Å². The second-order valence-corrected chi connectivity index (χ2v) is 15.7. The fraction of sp³-hybridized carbons (Fsp3) is 0. The first-order valence-corrected chi connectivity index (χ1v) is 20.3. The van der Waals surface area contributed by atoms with Crippen LogP contribution in [0, 0.1) is 0 Å². The number of aromatic nitrogens is 4. The number of thiophene rings is 1. The molecule has 0 unspecified atom stereocenters. The Hall–Kier alpha value is -7.73. The van der Waals surface area contributed by atoms with E-state index in [1.807, 2.05) is 91.0 Å². The molecule has 0 amide bonds. The minimum atomic E-state index is -0.504. The van der Waals surface area contributed by atoms with Crippen LogP contribution in [0.25, 0.3) is 115 Å². The minimum absolute atomic E-state index is 0.00294. The monoisotopic (exact) mass is 790 g/mol. The summed E-state index contributed by atoms with van der Waals surface area (Å²) in [6.07, 6.45) is 0. The van der Waals surface area contributed by atoms with E-state index in [0.717, 1.165) is 27.8 Å². The van der Waals surface area contributed by atoms with Crippen molar-refractivity contribution in [3.63, 3.8) is 0 Å². The van der Waals surface area contributed by atoms with Gasteiger partial charge in [0.1, 0.15) is 0 Å². The van der Waals surface area contributed by atoms with Crippen molar-refractivity contribution in [3.05, 3.63) is 206 Å². The highest BCUT2D eigenvalue weighted by Crippen LogP contribution is 2.42. The van der Waals surface area contributed by atoms with E-state index in [2.05, 4.69) is 66.7 Å². The summed E-state index contributed by atoms with van der Waals surface area (Å²) in [5.74, 6) is 1.19. The Kier molecular flexibility index (Phi) is 6.30. The number of fused-ring (bicyclic) bond motifs is 7. The van der Waals surface area contributed by atoms with Crippen molar-refractivity contribution >= 4 is 64.1 Å². The quantitative estimate of drug-likeness (QED) is 0.168. The number of para-hydroxylation sites is 2. The van der Waals surface area contributed by atoms with Crippen LogP contribution in [0.5, 0.6) is 0 Å². The van der Waals surface area contributed by atoms with Gasteiger partial charge in [-0.1, -0.05) is 176 Å². The van der Waals surface area contributed by atoms with Gasteiger partial charge in [0.15, 0.2) is 17.5 Å². The molecule has 0 bridgehead atoms. The first-order valence-electron chi connectivity index (χ1n) is 23.5. The first kappa shape index (κ1) is 27.0. The van der Waals surface area contributed by atoms with Gasteiger partial charge in [-0.25, -0.2) is 15.0 Å². The molecule has 9 aromatic carbocycles. The topological polar surface area (TPSA) is 43.6 Å². The van der Waals surface area contributed by atoms with Gasteiger partial charge < -0.3 is 4.57 Å². The van der Waals surface area contributed by atoms with Crippen molar-refractivity contribution in [2.45, 2.75) is 0 Å². The van der Waals surface area contributed by atoms with E-state index in [1.54, 1.807) is 15.9 Å². The highest BCUT2D eigenvalue weighted by atomic mass is 32.1. The summed E-state index contributed by atoms with van der Waals surface area (Å²) in [6.45, 7) is 0. The maximum atomic E-state index is 9.24. The number of hydrogen-bond acceptors (Lipinski definition) is 4. The van der Waals surface area contributed by atoms with Gasteiger partial charge in [-0.2, -0.15) is 0 Å². The molecule has 3 aromatic heterocycles. The average molecular weight is 791 g/mol. The Bertz CT molecular complexity index is 3980. The second-order valence-electron chi connectivity index (χ2n) is 14.6. The molecule has 4 nitrogen and oxygen atoms in total. The Morgan fingerprint density at radius 2 is 0.933 bits per heavy atom. The molecule has 0 saturated carbocycles. The van der Waals surface area contributed by atoms with E-state index < -0.39 is 36.3 Å². The largest absolute Gasteiger partial charge is 0.309 e. The summed E-state index contributed by atoms with van der Waals surface area (Å²) in [7, 11) is 0. The van der Waals surface area contributed by atoms with Crippen molar-refractivity contribution in [1.29, 1.82) is 0 Å². The molecule has 0 aliphatic heterocycles. The molecule has 3 heterocycles. The van der Waals surface area contributed by atoms with Crippen LogP contribution in [0.1, 0.15) is 11.0 Å². The van der Waals surface area contributed by atoms with Crippen LogP contribution in [0.15, 0.2) is 206 Å². The van der Waals surface area contributed by atoms with Crippen molar-refractivity contribution in [3.8, 4) is 62.1 Å². The van der Waals surface area contributed by atoms with Crippen LogP contribution in [0.2, 0.25) is 0 Å². The van der Waals surface area contributed by atoms with Crippen LogP contribution < -0.4 is 0 Å². The Morgan fingerprint density at radius 3 is 1.62 bits per heavy atom. The third-order valence-electron chi connectivity index (χ3n) is 11.1. The molecule has 0 spiro atoms. The van der Waals surface area contributed by atoms with Crippen molar-refractivity contribution < 1.29 is 11.0 Å². The predicted octanol–water partition coefficient (Wildman–Crippen LogP) is 14.8. The summed E-state index contributed by atoms with van der Waals surface area (Å²) in [6, 6.07) is 48.8. The molecule has 0 N–H and O–H groups in total. The Labute approximate surface area is 361 Å². The van der Waals surface area contributed by atoms with E-state index in [4.69, 9.17) is 23.2 Å². The summed E-state index contributed by atoms with van der Waals surface area (Å²) in [5, 5.41) is 4.87. The lowest BCUT2D eigenvalue weighted by molar-refractivity contribution is 1.07. The molecule has 0 aliphatic carbocycles. The summed E-state index contributed by atoms with van der Waals surface area (Å²) < 4.78 is 75.2. The van der Waals surface area contributed by atoms with Gasteiger partial charge in [-0.3, -0.25) is 0 Å². The predicted molar refractivity (Wildman–Crippen MR) is 252 cm³/mol. The fourth-order valence-corrected chi connectivity index (χ4v) is 9.51. The van der Waals surface area contributed by atoms with E-state index in [1.165, 1.54) is 30.9 Å². The average Bonchev–Trinajstić information content (AvgIpc) is 3.94. The molecule has 60 heavy (non-hydrogen) atoms. The Morgan fingerprint density at radius 1 is 0.400 bits per heavy atom. The minimum Gasteiger partial charge on any atom is -0.309 e. The van der Waals surface area contributed by atoms with Gasteiger partial charge in [-0.15, -0.1) is 11.3 Å². The standard InChI is InChI=1S/C55H34N4S/c1-3-14-35(15-4-1)42-31-30-41(33-50(42)59-48-24-11-9-20-44(48)45-21-10-12-25-49(45)59)55-57-53(37-16-5-2-6-17-37)56-54(58-55)38-28-26-36(27-29-38)43-22-13-23-46-47-32-39-18-7-8-19-40(39)34-51(47)60-52(43)46/h1-34H/i9D,10D,11D,12D,20D,21D,24D,25D. The fourth-order valence-electron chi connectivity index (χ4n) is 8.24. The van der Waals surface area contributed by atoms with Gasteiger partial charge in [0.05, 0.1) is 27.7 Å². The molecule has 12 rings (SSSR count). The van der Waals surface area contributed by atoms with Crippen molar-refractivity contribution in [2.75, 3.05) is 0 Å². The third-order valence-corrected chi connectivity index (χ3v) is 12.3. The lowest BCUT2D eigenvalue weighted by Crippen LogP contribution is -2.02. The Balaban J connectivity index is 1.06. The summed E-state index contributed by atoms with van der Waals surface area (Å²) >= 11 is 1.79. The zero-order valence-corrected chi connectivity index (χ0v) is 32.5. The van der Waals surface area contributed by atoms with Gasteiger partial charge in [0.25, 0.3) is 0 Å². The molecule has 280 valence electrons. The van der Waals surface area contributed by atoms with Crippen molar-refractivity contribution in [1.82, 2.24) is 19.5 Å². The van der Waals surface area contributed by atoms with Gasteiger partial charge in [0, 0.05) is 53.2 Å². The third kappa shape index (κ3) is 5.70. The van der Waals surface area contributed by atoms with E-state index in [-0.39, 0.29) is 33.9 Å². The molecular formula is C55H34N4S. The van der Waals surface area contributed by atoms with Crippen LogP contribution in [0.4, 0.5) is 0 Å². The molecule has 0 aliphatic rings. The molecule has 0 saturated heterocycles. The number of benzene rings is 9. The van der Waals surface area contributed by atoms with Crippen LogP contribution in [-0.4, -0.2) is 19.5 Å². The molecule has 0 fully saturated rings. The first-order chi connectivity index (χ1) is 33.0. The van der Waals surface area contributed by atoms with E-state index in [0.29, 0.717) is 34.3 Å². The van der Waals surface area contributed by atoms with E-state index in [9.17, 15) is 2.74 Å². The zero-order chi connectivity index (χ0) is 46.5. The summed E-state index contributed by atoms with van der Waals surface area (Å²) in [5.41, 5.74) is 6.12. The molecule has 12 aromatic rings. The van der Waals surface area contributed by atoms with Gasteiger partial charge >= 0.3 is 0 Å². The molecule has 0 atom stereocenters. The zero-order valence-electron chi connectivity index (χ0n) is 39.7. The number of nitrogens with zero attached hydrogens (tertiary/aromatic N) is 4. The highest BCUT2D eigenvalue weighted by molar-refractivity contribution is 7.26. The van der Waals surface area contributed by atoms with Crippen LogP contribution >= 0.6 is 11.3 Å². The van der Waals surface area contributed by atoms with E-state index >= 15 is 0 Å². The molecular weight excluding hydrogens is 749 g/mol. The second kappa shape index (κ2) is 14.0. The molecule has 0 radical (unpaired) electrons. The van der Waals surface area contributed by atoms with Crippen LogP contribution in [-0.2, 0) is 0 Å². The SMILES string of the molecule is [2H]c1c([2H])c([2H])c2c(c1[2H])c1c([2H])c([2H])c([2H])c([2H])c1n2-c1cc(-c2nc(-c3ccccc3)nc(-c3ccc(-c4cccc5c4sc4cc6ccccc6cc45)cc3)n2)ccc1-c1ccccc1. The maximum absolute atomic E-state index is 9.24. The van der Waals surface area contributed by atoms with Crippen LogP contribution in [0.3, 0.4) is 0 Å².